The van der Waals surface area contributed by atoms with Gasteiger partial charge in [-0.1, -0.05) is 36.4 Å². The van der Waals surface area contributed by atoms with Gasteiger partial charge in [0.25, 0.3) is 0 Å². The van der Waals surface area contributed by atoms with E-state index in [0.29, 0.717) is 25.5 Å². The first-order chi connectivity index (χ1) is 14.1. The van der Waals surface area contributed by atoms with Crippen molar-refractivity contribution in [2.24, 2.45) is 0 Å². The number of nitrogens with one attached hydrogen (secondary N) is 2. The maximum atomic E-state index is 13.0. The van der Waals surface area contributed by atoms with Crippen LogP contribution in [0.1, 0.15) is 35.9 Å². The summed E-state index contributed by atoms with van der Waals surface area (Å²) in [5.41, 5.74) is 3.38. The summed E-state index contributed by atoms with van der Waals surface area (Å²) in [6, 6.07) is 15.9. The van der Waals surface area contributed by atoms with E-state index < -0.39 is 5.41 Å². The fourth-order valence-corrected chi connectivity index (χ4v) is 3.70. The van der Waals surface area contributed by atoms with E-state index in [1.165, 1.54) is 0 Å². The predicted octanol–water partition coefficient (Wildman–Crippen LogP) is 3.05. The fraction of sp³-hybridized carbons (Fsp3) is 0.304. The Balaban J connectivity index is 1.42. The van der Waals surface area contributed by atoms with Crippen molar-refractivity contribution in [2.75, 3.05) is 11.9 Å². The van der Waals surface area contributed by atoms with Gasteiger partial charge in [0, 0.05) is 37.6 Å². The average Bonchev–Trinajstić information content (AvgIpc) is 3.11. The second kappa shape index (κ2) is 8.39. The third kappa shape index (κ3) is 4.26. The van der Waals surface area contributed by atoms with Gasteiger partial charge in [0.15, 0.2) is 0 Å². The zero-order chi connectivity index (χ0) is 20.1. The van der Waals surface area contributed by atoms with Crippen LogP contribution < -0.4 is 10.6 Å². The lowest BCUT2D eigenvalue weighted by Crippen LogP contribution is -2.42. The zero-order valence-electron chi connectivity index (χ0n) is 16.6. The van der Waals surface area contributed by atoms with Gasteiger partial charge in [-0.3, -0.25) is 9.78 Å². The monoisotopic (exact) mass is 387 g/mol. The Bertz CT molecular complexity index is 977. The van der Waals surface area contributed by atoms with E-state index in [9.17, 15) is 4.79 Å². The Morgan fingerprint density at radius 2 is 1.93 bits per heavy atom. The Labute approximate surface area is 170 Å². The first-order valence-electron chi connectivity index (χ1n) is 9.97. The molecule has 3 aromatic rings. The number of aromatic nitrogens is 3. The number of carbonyl (C=O) groups excluding carboxylic acids is 1. The van der Waals surface area contributed by atoms with Gasteiger partial charge in [-0.05, 0) is 43.0 Å². The van der Waals surface area contributed by atoms with E-state index in [0.717, 1.165) is 35.4 Å². The van der Waals surface area contributed by atoms with Crippen LogP contribution in [-0.2, 0) is 29.6 Å². The maximum absolute atomic E-state index is 13.0. The number of anilines is 1. The molecule has 2 aromatic heterocycles. The number of hydrogen-bond donors (Lipinski definition) is 2. The van der Waals surface area contributed by atoms with Crippen molar-refractivity contribution in [3.8, 4) is 0 Å². The second-order valence-corrected chi connectivity index (χ2v) is 7.57. The van der Waals surface area contributed by atoms with Crippen molar-refractivity contribution >= 4 is 11.9 Å². The highest BCUT2D eigenvalue weighted by molar-refractivity contribution is 5.88. The highest BCUT2D eigenvalue weighted by Crippen LogP contribution is 2.37. The van der Waals surface area contributed by atoms with Crippen LogP contribution in [0.5, 0.6) is 0 Å². The molecule has 0 fully saturated rings. The molecule has 148 valence electrons. The molecule has 0 bridgehead atoms. The number of amides is 1. The summed E-state index contributed by atoms with van der Waals surface area (Å²) in [6.07, 6.45) is 5.89. The number of fused-ring (bicyclic) bond motifs is 1. The molecule has 1 amide bonds. The molecule has 1 aliphatic carbocycles. The summed E-state index contributed by atoms with van der Waals surface area (Å²) in [7, 11) is 0. The summed E-state index contributed by atoms with van der Waals surface area (Å²) >= 11 is 0. The highest BCUT2D eigenvalue weighted by atomic mass is 16.2. The zero-order valence-corrected chi connectivity index (χ0v) is 16.6. The van der Waals surface area contributed by atoms with Gasteiger partial charge in [-0.2, -0.15) is 0 Å². The molecule has 0 saturated carbocycles. The number of benzene rings is 1. The van der Waals surface area contributed by atoms with E-state index in [2.05, 4.69) is 32.7 Å². The number of nitrogens with zero attached hydrogens (tertiary/aromatic N) is 3. The van der Waals surface area contributed by atoms with E-state index in [-0.39, 0.29) is 5.91 Å². The molecule has 1 unspecified atom stereocenters. The number of pyridine rings is 1. The van der Waals surface area contributed by atoms with Gasteiger partial charge < -0.3 is 10.6 Å². The summed E-state index contributed by atoms with van der Waals surface area (Å²) in [5.74, 6) is 0.571. The third-order valence-electron chi connectivity index (χ3n) is 5.47. The Morgan fingerprint density at radius 1 is 1.10 bits per heavy atom. The molecule has 2 heterocycles. The van der Waals surface area contributed by atoms with Crippen LogP contribution >= 0.6 is 0 Å². The first kappa shape index (κ1) is 19.1. The number of carbonyl (C=O) groups is 1. The highest BCUT2D eigenvalue weighted by Gasteiger charge is 2.42. The minimum absolute atomic E-state index is 0.0138. The standard InChI is InChI=1S/C23H25N5O/c1-23(21(29)25-14-11-19-9-5-6-13-24-19)12-10-18-16-27-22(28-20(18)23)26-15-17-7-3-2-4-8-17/h2-9,13,16H,10-12,14-15H2,1H3,(H,25,29)(H,26,27,28). The number of rotatable bonds is 7. The molecular weight excluding hydrogens is 362 g/mol. The molecule has 0 spiro atoms. The summed E-state index contributed by atoms with van der Waals surface area (Å²) in [5, 5.41) is 6.34. The van der Waals surface area contributed by atoms with Crippen molar-refractivity contribution < 1.29 is 4.79 Å². The molecule has 1 atom stereocenters. The van der Waals surface area contributed by atoms with Crippen LogP contribution in [0.15, 0.2) is 60.9 Å². The normalized spacial score (nSPS) is 17.6. The summed E-state index contributed by atoms with van der Waals surface area (Å²) in [4.78, 5) is 26.4. The predicted molar refractivity (Wildman–Crippen MR) is 112 cm³/mol. The van der Waals surface area contributed by atoms with Crippen LogP contribution in [0, 0.1) is 0 Å². The van der Waals surface area contributed by atoms with E-state index in [1.54, 1.807) is 6.20 Å². The van der Waals surface area contributed by atoms with Crippen LogP contribution in [0.2, 0.25) is 0 Å². The molecule has 2 N–H and O–H groups in total. The minimum Gasteiger partial charge on any atom is -0.355 e. The van der Waals surface area contributed by atoms with Crippen LogP contribution in [0.4, 0.5) is 5.95 Å². The lowest BCUT2D eigenvalue weighted by atomic mass is 9.86. The molecule has 0 aliphatic heterocycles. The number of hydrogen-bond acceptors (Lipinski definition) is 5. The third-order valence-corrected chi connectivity index (χ3v) is 5.47. The Morgan fingerprint density at radius 3 is 2.72 bits per heavy atom. The van der Waals surface area contributed by atoms with E-state index >= 15 is 0 Å². The molecular formula is C23H25N5O. The summed E-state index contributed by atoms with van der Waals surface area (Å²) < 4.78 is 0. The molecule has 0 saturated heterocycles. The van der Waals surface area contributed by atoms with Gasteiger partial charge in [-0.15, -0.1) is 0 Å². The molecule has 29 heavy (non-hydrogen) atoms. The lowest BCUT2D eigenvalue weighted by Gasteiger charge is -2.23. The number of aryl methyl sites for hydroxylation is 1. The van der Waals surface area contributed by atoms with Gasteiger partial charge in [0.05, 0.1) is 11.1 Å². The molecule has 6 nitrogen and oxygen atoms in total. The molecule has 6 heteroatoms. The van der Waals surface area contributed by atoms with Gasteiger partial charge in [-0.25, -0.2) is 9.97 Å². The van der Waals surface area contributed by atoms with Crippen molar-refractivity contribution in [1.82, 2.24) is 20.3 Å². The topological polar surface area (TPSA) is 79.8 Å². The van der Waals surface area contributed by atoms with Crippen molar-refractivity contribution in [1.29, 1.82) is 0 Å². The van der Waals surface area contributed by atoms with Crippen molar-refractivity contribution in [2.45, 2.75) is 38.1 Å². The quantitative estimate of drug-likeness (QED) is 0.651. The maximum Gasteiger partial charge on any atom is 0.232 e. The van der Waals surface area contributed by atoms with Crippen LogP contribution in [0.25, 0.3) is 0 Å². The van der Waals surface area contributed by atoms with Gasteiger partial charge in [0.1, 0.15) is 0 Å². The minimum atomic E-state index is -0.633. The molecule has 4 rings (SSSR count). The Kier molecular flexibility index (Phi) is 5.51. The fourth-order valence-electron chi connectivity index (χ4n) is 3.70. The van der Waals surface area contributed by atoms with Crippen molar-refractivity contribution in [3.63, 3.8) is 0 Å². The smallest absolute Gasteiger partial charge is 0.232 e. The average molecular weight is 387 g/mol. The lowest BCUT2D eigenvalue weighted by molar-refractivity contribution is -0.126. The van der Waals surface area contributed by atoms with Gasteiger partial charge >= 0.3 is 0 Å². The molecule has 1 aromatic carbocycles. The van der Waals surface area contributed by atoms with E-state index in [1.807, 2.05) is 49.5 Å². The molecule has 1 aliphatic rings. The van der Waals surface area contributed by atoms with Crippen LogP contribution in [0.3, 0.4) is 0 Å². The SMILES string of the molecule is CC1(C(=O)NCCc2ccccn2)CCc2cnc(NCc3ccccc3)nc21. The Hall–Kier alpha value is -3.28. The second-order valence-electron chi connectivity index (χ2n) is 7.57. The van der Waals surface area contributed by atoms with E-state index in [4.69, 9.17) is 4.98 Å². The summed E-state index contributed by atoms with van der Waals surface area (Å²) in [6.45, 7) is 3.18. The van der Waals surface area contributed by atoms with Gasteiger partial charge in [0.2, 0.25) is 11.9 Å². The van der Waals surface area contributed by atoms with Crippen LogP contribution in [-0.4, -0.2) is 27.4 Å². The largest absolute Gasteiger partial charge is 0.355 e. The van der Waals surface area contributed by atoms with Crippen molar-refractivity contribution in [3.05, 3.63) is 83.4 Å². The molecule has 0 radical (unpaired) electrons. The first-order valence-corrected chi connectivity index (χ1v) is 9.97.